The molecule has 0 spiro atoms. The van der Waals surface area contributed by atoms with Gasteiger partial charge in [0, 0.05) is 5.56 Å². The second-order valence-corrected chi connectivity index (χ2v) is 7.03. The Bertz CT molecular complexity index is 1260. The van der Waals surface area contributed by atoms with E-state index >= 15 is 0 Å². The molecule has 10 heteroatoms. The number of amides is 1. The number of benzene rings is 1. The molecule has 4 rings (SSSR count). The van der Waals surface area contributed by atoms with Gasteiger partial charge in [-0.2, -0.15) is 5.10 Å². The zero-order chi connectivity index (χ0) is 22.7. The summed E-state index contributed by atoms with van der Waals surface area (Å²) in [6.07, 6.45) is 0.0424. The first kappa shape index (κ1) is 21.3. The Balaban J connectivity index is 1.64. The van der Waals surface area contributed by atoms with E-state index in [1.54, 1.807) is 37.3 Å². The first-order valence-electron chi connectivity index (χ1n) is 9.76. The Morgan fingerprint density at radius 2 is 2.09 bits per heavy atom. The zero-order valence-electron chi connectivity index (χ0n) is 17.1. The van der Waals surface area contributed by atoms with Gasteiger partial charge >= 0.3 is 0 Å². The molecule has 9 nitrogen and oxygen atoms in total. The molecule has 3 N–H and O–H groups in total. The van der Waals surface area contributed by atoms with E-state index in [1.165, 1.54) is 16.6 Å². The lowest BCUT2D eigenvalue weighted by Gasteiger charge is -2.11. The minimum absolute atomic E-state index is 0.0468. The summed E-state index contributed by atoms with van der Waals surface area (Å²) < 4.78 is 20.0. The van der Waals surface area contributed by atoms with E-state index in [9.17, 15) is 14.3 Å². The summed E-state index contributed by atoms with van der Waals surface area (Å²) >= 11 is 0. The number of halogens is 1. The molecule has 3 aromatic heterocycles. The van der Waals surface area contributed by atoms with Crippen molar-refractivity contribution in [2.45, 2.75) is 13.0 Å². The minimum atomic E-state index is -0.973. The second kappa shape index (κ2) is 9.08. The highest BCUT2D eigenvalue weighted by atomic mass is 19.1. The van der Waals surface area contributed by atoms with Crippen LogP contribution in [0.1, 0.15) is 16.2 Å². The normalized spacial score (nSPS) is 12.0. The predicted molar refractivity (Wildman–Crippen MR) is 114 cm³/mol. The highest BCUT2D eigenvalue weighted by molar-refractivity contribution is 6.03. The van der Waals surface area contributed by atoms with Gasteiger partial charge in [0.15, 0.2) is 11.3 Å². The number of carbonyl (C=O) groups excluding carboxylic acids is 1. The number of ether oxygens (including phenoxy) is 1. The Morgan fingerprint density at radius 1 is 1.25 bits per heavy atom. The van der Waals surface area contributed by atoms with Gasteiger partial charge in [0.25, 0.3) is 5.91 Å². The van der Waals surface area contributed by atoms with Crippen molar-refractivity contribution in [3.63, 3.8) is 0 Å². The molecular weight excluding hydrogens is 417 g/mol. The lowest BCUT2D eigenvalue weighted by atomic mass is 10.1. The molecule has 1 aromatic carbocycles. The lowest BCUT2D eigenvalue weighted by molar-refractivity contribution is 0.0536. The van der Waals surface area contributed by atoms with Crippen LogP contribution < -0.4 is 10.1 Å². The summed E-state index contributed by atoms with van der Waals surface area (Å²) in [4.78, 5) is 21.1. The average molecular weight is 437 g/mol. The molecule has 1 amide bonds. The highest BCUT2D eigenvalue weighted by Crippen LogP contribution is 2.24. The van der Waals surface area contributed by atoms with E-state index in [2.05, 4.69) is 20.4 Å². The number of rotatable bonds is 7. The van der Waals surface area contributed by atoms with Crippen molar-refractivity contribution in [1.82, 2.24) is 19.6 Å². The molecule has 0 bridgehead atoms. The fraction of sp³-hybridized carbons (Fsp3) is 0.182. The maximum atomic E-state index is 13.1. The van der Waals surface area contributed by atoms with Gasteiger partial charge in [-0.1, -0.05) is 12.1 Å². The van der Waals surface area contributed by atoms with Crippen LogP contribution in [0.15, 0.2) is 54.7 Å². The lowest BCUT2D eigenvalue weighted by Crippen LogP contribution is -2.21. The van der Waals surface area contributed by atoms with Crippen molar-refractivity contribution in [2.24, 2.45) is 0 Å². The highest BCUT2D eigenvalue weighted by Gasteiger charge is 2.19. The number of hydrogen-bond donors (Lipinski definition) is 3. The van der Waals surface area contributed by atoms with Crippen LogP contribution in [-0.2, 0) is 0 Å². The average Bonchev–Trinajstić information content (AvgIpc) is 3.14. The molecule has 0 saturated heterocycles. The summed E-state index contributed by atoms with van der Waals surface area (Å²) in [5.41, 5.74) is 2.48. The fourth-order valence-electron chi connectivity index (χ4n) is 3.07. The Morgan fingerprint density at radius 3 is 2.84 bits per heavy atom. The number of nitrogens with one attached hydrogen (secondary N) is 1. The van der Waals surface area contributed by atoms with Crippen molar-refractivity contribution in [2.75, 3.05) is 18.5 Å². The predicted octanol–water partition coefficient (Wildman–Crippen LogP) is 2.22. The van der Waals surface area contributed by atoms with Crippen LogP contribution >= 0.6 is 0 Å². The van der Waals surface area contributed by atoms with Gasteiger partial charge in [-0.3, -0.25) is 4.79 Å². The summed E-state index contributed by atoms with van der Waals surface area (Å²) in [6.45, 7) is 1.26. The monoisotopic (exact) mass is 437 g/mol. The number of hydrogen-bond acceptors (Lipinski definition) is 7. The van der Waals surface area contributed by atoms with Gasteiger partial charge in [-0.05, 0) is 43.3 Å². The molecule has 0 aliphatic rings. The number of anilines is 1. The zero-order valence-corrected chi connectivity index (χ0v) is 17.1. The number of aliphatic hydroxyl groups excluding tert-OH is 2. The van der Waals surface area contributed by atoms with Gasteiger partial charge in [0.1, 0.15) is 30.1 Å². The van der Waals surface area contributed by atoms with Crippen LogP contribution in [0.2, 0.25) is 0 Å². The third-order valence-electron chi connectivity index (χ3n) is 4.62. The van der Waals surface area contributed by atoms with Crippen molar-refractivity contribution in [3.8, 4) is 17.0 Å². The van der Waals surface area contributed by atoms with Crippen molar-refractivity contribution in [3.05, 3.63) is 71.9 Å². The van der Waals surface area contributed by atoms with Crippen LogP contribution in [0.5, 0.6) is 5.75 Å². The Labute approximate surface area is 182 Å². The van der Waals surface area contributed by atoms with E-state index in [0.29, 0.717) is 22.8 Å². The second-order valence-electron chi connectivity index (χ2n) is 7.03. The third kappa shape index (κ3) is 4.56. The van der Waals surface area contributed by atoms with Crippen LogP contribution in [0, 0.1) is 12.7 Å². The topological polar surface area (TPSA) is 122 Å². The van der Waals surface area contributed by atoms with Crippen molar-refractivity contribution < 1.29 is 24.1 Å². The van der Waals surface area contributed by atoms with E-state index in [1.807, 2.05) is 6.07 Å². The smallest absolute Gasteiger partial charge is 0.277 e. The number of nitrogens with zero attached hydrogens (tertiary/aromatic N) is 4. The molecule has 4 aromatic rings. The van der Waals surface area contributed by atoms with Gasteiger partial charge in [0.2, 0.25) is 0 Å². The van der Waals surface area contributed by atoms with Crippen molar-refractivity contribution in [1.29, 1.82) is 0 Å². The van der Waals surface area contributed by atoms with Gasteiger partial charge in [-0.25, -0.2) is 18.9 Å². The van der Waals surface area contributed by atoms with Crippen LogP contribution in [0.4, 0.5) is 10.2 Å². The Kier molecular flexibility index (Phi) is 6.06. The largest absolute Gasteiger partial charge is 0.491 e. The summed E-state index contributed by atoms with van der Waals surface area (Å²) in [5.74, 6) is -0.276. The first-order valence-corrected chi connectivity index (χ1v) is 9.76. The molecule has 0 aliphatic carbocycles. The third-order valence-corrected chi connectivity index (χ3v) is 4.62. The van der Waals surface area contributed by atoms with Gasteiger partial charge in [0.05, 0.1) is 24.2 Å². The summed E-state index contributed by atoms with van der Waals surface area (Å²) in [5, 5.41) is 25.6. The van der Waals surface area contributed by atoms with Crippen LogP contribution in [-0.4, -0.2) is 55.0 Å². The minimum Gasteiger partial charge on any atom is -0.491 e. The van der Waals surface area contributed by atoms with E-state index < -0.39 is 24.4 Å². The number of pyridine rings is 1. The molecule has 164 valence electrons. The van der Waals surface area contributed by atoms with E-state index in [4.69, 9.17) is 9.84 Å². The number of imidazole rings is 1. The first-order chi connectivity index (χ1) is 15.4. The summed E-state index contributed by atoms with van der Waals surface area (Å²) in [7, 11) is 0. The van der Waals surface area contributed by atoms with E-state index in [0.717, 1.165) is 11.8 Å². The number of carbonyl (C=O) groups is 1. The molecule has 3 heterocycles. The fourth-order valence-corrected chi connectivity index (χ4v) is 3.07. The van der Waals surface area contributed by atoms with Gasteiger partial charge in [-0.15, -0.1) is 0 Å². The van der Waals surface area contributed by atoms with Crippen LogP contribution in [0.25, 0.3) is 16.9 Å². The molecule has 1 unspecified atom stereocenters. The molecular formula is C22H20FN5O4. The summed E-state index contributed by atoms with van der Waals surface area (Å²) in [6, 6.07) is 13.1. The number of aromatic nitrogens is 4. The van der Waals surface area contributed by atoms with Crippen LogP contribution in [0.3, 0.4) is 0 Å². The molecule has 32 heavy (non-hydrogen) atoms. The molecule has 0 fully saturated rings. The number of aliphatic hydroxyl groups is 2. The molecule has 0 saturated carbocycles. The quantitative estimate of drug-likeness (QED) is 0.405. The Hall–Kier alpha value is -3.89. The van der Waals surface area contributed by atoms with E-state index in [-0.39, 0.29) is 18.1 Å². The molecule has 0 aliphatic heterocycles. The maximum Gasteiger partial charge on any atom is 0.277 e. The van der Waals surface area contributed by atoms with Crippen molar-refractivity contribution >= 4 is 17.4 Å². The standard InChI is InChI=1S/C22H20FN5O4/c1-13-21(22(31)26-19-7-5-15(23)10-24-19)28-20(25-13)8-6-18(27-28)14-3-2-4-17(9-14)32-12-16(30)11-29/h2-10,16,29-30H,11-12H2,1H3,(H,24,26,31). The SMILES string of the molecule is Cc1nc2ccc(-c3cccc(OCC(O)CO)c3)nn2c1C(=O)Nc1ccc(F)cn1. The number of fused-ring (bicyclic) bond motifs is 1. The maximum absolute atomic E-state index is 13.1. The number of aryl methyl sites for hydroxylation is 1. The van der Waals surface area contributed by atoms with Gasteiger partial charge < -0.3 is 20.3 Å². The molecule has 1 atom stereocenters. The molecule has 0 radical (unpaired) electrons.